The number of halogens is 1. The van der Waals surface area contributed by atoms with E-state index in [0.29, 0.717) is 12.0 Å². The molecule has 0 spiro atoms. The summed E-state index contributed by atoms with van der Waals surface area (Å²) in [5.41, 5.74) is 1.04. The average molecular weight is 251 g/mol. The van der Waals surface area contributed by atoms with E-state index in [2.05, 4.69) is 26.1 Å². The van der Waals surface area contributed by atoms with Gasteiger partial charge in [0, 0.05) is 18.7 Å². The van der Waals surface area contributed by atoms with Crippen LogP contribution in [0.4, 0.5) is 4.39 Å². The molecule has 1 N–H and O–H groups in total. The quantitative estimate of drug-likeness (QED) is 0.871. The van der Waals surface area contributed by atoms with Crippen molar-refractivity contribution in [2.24, 2.45) is 5.92 Å². The van der Waals surface area contributed by atoms with Crippen LogP contribution >= 0.6 is 0 Å². The third-order valence-corrected chi connectivity index (χ3v) is 3.66. The molecule has 1 heterocycles. The molecule has 1 fully saturated rings. The molecular formula is C15H22FNO. The molecule has 0 saturated carbocycles. The number of rotatable bonds is 2. The van der Waals surface area contributed by atoms with Crippen LogP contribution in [0.1, 0.15) is 38.9 Å². The Bertz CT molecular complexity index is 377. The molecule has 0 aliphatic carbocycles. The molecule has 2 nitrogen and oxygen atoms in total. The van der Waals surface area contributed by atoms with Gasteiger partial charge in [-0.2, -0.15) is 0 Å². The largest absolute Gasteiger partial charge is 0.372 e. The van der Waals surface area contributed by atoms with Gasteiger partial charge in [-0.05, 0) is 37.0 Å². The lowest BCUT2D eigenvalue weighted by atomic mass is 9.99. The van der Waals surface area contributed by atoms with E-state index in [4.69, 9.17) is 4.74 Å². The Morgan fingerprint density at radius 3 is 2.56 bits per heavy atom. The van der Waals surface area contributed by atoms with Crippen LogP contribution in [0.2, 0.25) is 0 Å². The first-order valence-corrected chi connectivity index (χ1v) is 6.71. The highest BCUT2D eigenvalue weighted by Gasteiger charge is 2.27. The van der Waals surface area contributed by atoms with E-state index in [0.717, 1.165) is 18.6 Å². The van der Waals surface area contributed by atoms with Crippen molar-refractivity contribution >= 4 is 0 Å². The summed E-state index contributed by atoms with van der Waals surface area (Å²) in [5, 5.41) is 3.62. The van der Waals surface area contributed by atoms with Gasteiger partial charge in [0.05, 0.1) is 6.10 Å². The first-order valence-electron chi connectivity index (χ1n) is 6.71. The highest BCUT2D eigenvalue weighted by Crippen LogP contribution is 2.26. The van der Waals surface area contributed by atoms with Crippen LogP contribution in [-0.2, 0) is 4.74 Å². The monoisotopic (exact) mass is 251 g/mol. The summed E-state index contributed by atoms with van der Waals surface area (Å²) in [4.78, 5) is 0. The summed E-state index contributed by atoms with van der Waals surface area (Å²) in [6.07, 6.45) is 1.04. The molecule has 1 saturated heterocycles. The fraction of sp³-hybridized carbons (Fsp3) is 0.600. The Hall–Kier alpha value is -0.930. The van der Waals surface area contributed by atoms with Crippen molar-refractivity contribution in [3.8, 4) is 0 Å². The predicted molar refractivity (Wildman–Crippen MR) is 70.9 cm³/mol. The van der Waals surface area contributed by atoms with Crippen molar-refractivity contribution in [1.82, 2.24) is 5.32 Å². The maximum absolute atomic E-state index is 12.9. The third-order valence-electron chi connectivity index (χ3n) is 3.66. The van der Waals surface area contributed by atoms with E-state index in [1.54, 1.807) is 0 Å². The first kappa shape index (κ1) is 13.5. The average Bonchev–Trinajstić information content (AvgIpc) is 2.52. The zero-order valence-corrected chi connectivity index (χ0v) is 11.3. The normalized spacial score (nSPS) is 29.3. The minimum atomic E-state index is -0.201. The van der Waals surface area contributed by atoms with Gasteiger partial charge in [0.25, 0.3) is 0 Å². The predicted octanol–water partition coefficient (Wildman–Crippen LogP) is 3.29. The molecule has 3 unspecified atom stereocenters. The Morgan fingerprint density at radius 1 is 1.28 bits per heavy atom. The Labute approximate surface area is 109 Å². The summed E-state index contributed by atoms with van der Waals surface area (Å²) in [6.45, 7) is 7.34. The van der Waals surface area contributed by atoms with Gasteiger partial charge in [0.2, 0.25) is 0 Å². The minimum Gasteiger partial charge on any atom is -0.372 e. The lowest BCUT2D eigenvalue weighted by Gasteiger charge is -2.26. The van der Waals surface area contributed by atoms with Crippen LogP contribution in [0.25, 0.3) is 0 Å². The molecule has 100 valence electrons. The van der Waals surface area contributed by atoms with Gasteiger partial charge in [-0.1, -0.05) is 26.0 Å². The van der Waals surface area contributed by atoms with Gasteiger partial charge in [0.15, 0.2) is 0 Å². The molecule has 0 aromatic heterocycles. The third kappa shape index (κ3) is 3.09. The molecule has 0 radical (unpaired) electrons. The molecule has 1 aliphatic rings. The first-order chi connectivity index (χ1) is 8.58. The highest BCUT2D eigenvalue weighted by atomic mass is 19.1. The molecule has 1 aromatic rings. The van der Waals surface area contributed by atoms with Crippen LogP contribution in [0.5, 0.6) is 0 Å². The van der Waals surface area contributed by atoms with Crippen molar-refractivity contribution in [3.63, 3.8) is 0 Å². The summed E-state index contributed by atoms with van der Waals surface area (Å²) >= 11 is 0. The van der Waals surface area contributed by atoms with Crippen LogP contribution < -0.4 is 5.32 Å². The summed E-state index contributed by atoms with van der Waals surface area (Å²) < 4.78 is 18.9. The van der Waals surface area contributed by atoms with Crippen LogP contribution in [0, 0.1) is 11.7 Å². The van der Waals surface area contributed by atoms with Gasteiger partial charge in [0.1, 0.15) is 5.82 Å². The van der Waals surface area contributed by atoms with E-state index in [9.17, 15) is 4.39 Å². The molecule has 18 heavy (non-hydrogen) atoms. The van der Waals surface area contributed by atoms with Crippen LogP contribution in [-0.4, -0.2) is 18.7 Å². The SMILES string of the molecule is CC(C)C1CCOC(c2ccc(F)cc2)C(C)N1. The van der Waals surface area contributed by atoms with Crippen molar-refractivity contribution in [3.05, 3.63) is 35.6 Å². The van der Waals surface area contributed by atoms with Crippen molar-refractivity contribution in [2.75, 3.05) is 6.61 Å². The molecule has 3 heteroatoms. The number of hydrogen-bond donors (Lipinski definition) is 1. The number of hydrogen-bond acceptors (Lipinski definition) is 2. The molecule has 0 bridgehead atoms. The Balaban J connectivity index is 2.11. The maximum Gasteiger partial charge on any atom is 0.123 e. The van der Waals surface area contributed by atoms with Gasteiger partial charge < -0.3 is 10.1 Å². The van der Waals surface area contributed by atoms with E-state index in [1.165, 1.54) is 12.1 Å². The van der Waals surface area contributed by atoms with Crippen molar-refractivity contribution < 1.29 is 9.13 Å². The smallest absolute Gasteiger partial charge is 0.123 e. The molecule has 2 rings (SSSR count). The summed E-state index contributed by atoms with van der Waals surface area (Å²) in [6, 6.07) is 7.35. The number of ether oxygens (including phenoxy) is 1. The van der Waals surface area contributed by atoms with Crippen LogP contribution in [0.3, 0.4) is 0 Å². The second-order valence-electron chi connectivity index (χ2n) is 5.44. The molecule has 1 aromatic carbocycles. The van der Waals surface area contributed by atoms with Crippen molar-refractivity contribution in [2.45, 2.75) is 45.4 Å². The van der Waals surface area contributed by atoms with Gasteiger partial charge in [-0.25, -0.2) is 4.39 Å². The van der Waals surface area contributed by atoms with Gasteiger partial charge in [-0.3, -0.25) is 0 Å². The molecule has 0 amide bonds. The standard InChI is InChI=1S/C15H22FNO/c1-10(2)14-8-9-18-15(11(3)17-14)12-4-6-13(16)7-5-12/h4-7,10-11,14-15,17H,8-9H2,1-3H3. The Morgan fingerprint density at radius 2 is 1.94 bits per heavy atom. The van der Waals surface area contributed by atoms with Crippen LogP contribution in [0.15, 0.2) is 24.3 Å². The maximum atomic E-state index is 12.9. The fourth-order valence-electron chi connectivity index (χ4n) is 2.54. The minimum absolute atomic E-state index is 0.00866. The molecule has 1 aliphatic heterocycles. The van der Waals surface area contributed by atoms with E-state index < -0.39 is 0 Å². The van der Waals surface area contributed by atoms with E-state index in [1.807, 2.05) is 12.1 Å². The second kappa shape index (κ2) is 5.81. The lowest BCUT2D eigenvalue weighted by molar-refractivity contribution is 0.0460. The van der Waals surface area contributed by atoms with E-state index in [-0.39, 0.29) is 18.0 Å². The van der Waals surface area contributed by atoms with Gasteiger partial charge in [-0.15, -0.1) is 0 Å². The summed E-state index contributed by atoms with van der Waals surface area (Å²) in [5.74, 6) is 0.399. The summed E-state index contributed by atoms with van der Waals surface area (Å²) in [7, 11) is 0. The topological polar surface area (TPSA) is 21.3 Å². The fourth-order valence-corrected chi connectivity index (χ4v) is 2.54. The highest BCUT2D eigenvalue weighted by molar-refractivity contribution is 5.20. The molecule has 3 atom stereocenters. The number of nitrogens with one attached hydrogen (secondary N) is 1. The molecular weight excluding hydrogens is 229 g/mol. The van der Waals surface area contributed by atoms with Gasteiger partial charge >= 0.3 is 0 Å². The van der Waals surface area contributed by atoms with Crippen molar-refractivity contribution in [1.29, 1.82) is 0 Å². The second-order valence-corrected chi connectivity index (χ2v) is 5.44. The lowest BCUT2D eigenvalue weighted by Crippen LogP contribution is -2.41. The number of benzene rings is 1. The van der Waals surface area contributed by atoms with E-state index >= 15 is 0 Å². The Kier molecular flexibility index (Phi) is 4.36. The zero-order chi connectivity index (χ0) is 13.1. The zero-order valence-electron chi connectivity index (χ0n) is 11.3.